The van der Waals surface area contributed by atoms with Gasteiger partial charge in [-0.2, -0.15) is 0 Å². The van der Waals surface area contributed by atoms with Crippen LogP contribution >= 0.6 is 20.3 Å². The molecule has 0 spiro atoms. The van der Waals surface area contributed by atoms with Crippen molar-refractivity contribution in [2.45, 2.75) is 4.99 Å². The Hall–Kier alpha value is -0.0000000000000000555. The Balaban J connectivity index is 2.16. The van der Waals surface area contributed by atoms with Crippen LogP contribution in [-0.4, -0.2) is 11.9 Å². The van der Waals surface area contributed by atoms with Crippen molar-refractivity contribution in [1.82, 2.24) is 0 Å². The van der Waals surface area contributed by atoms with Crippen LogP contribution in [0.4, 0.5) is 0 Å². The number of hydrogen-bond acceptors (Lipinski definition) is 1. The van der Waals surface area contributed by atoms with E-state index in [1.807, 2.05) is 0 Å². The molecule has 0 N–H and O–H groups in total. The molecule has 1 aliphatic heterocycles. The Morgan fingerprint density at radius 3 is 2.73 bits per heavy atom. The summed E-state index contributed by atoms with van der Waals surface area (Å²) in [7, 11) is 1.14. The van der Waals surface area contributed by atoms with Gasteiger partial charge in [-0.3, -0.25) is 0 Å². The first-order valence-electron chi connectivity index (χ1n) is 3.87. The molecule has 11 heavy (non-hydrogen) atoms. The molecule has 0 amide bonds. The van der Waals surface area contributed by atoms with Gasteiger partial charge in [0.1, 0.15) is 0 Å². The highest BCUT2D eigenvalue weighted by molar-refractivity contribution is 8.05. The van der Waals surface area contributed by atoms with Crippen molar-refractivity contribution < 1.29 is 0 Å². The third-order valence-electron chi connectivity index (χ3n) is 1.82. The molecule has 1 aromatic rings. The summed E-state index contributed by atoms with van der Waals surface area (Å²) >= 11 is 2.11. The van der Waals surface area contributed by atoms with Crippen LogP contribution in [0.3, 0.4) is 0 Å². The lowest BCUT2D eigenvalue weighted by atomic mass is 10.2. The summed E-state index contributed by atoms with van der Waals surface area (Å²) in [4.78, 5) is 0.816. The largest absolute Gasteiger partial charge is 0.149 e. The smallest absolute Gasteiger partial charge is 0.0466 e. The highest BCUT2D eigenvalue weighted by Gasteiger charge is 2.16. The van der Waals surface area contributed by atoms with Gasteiger partial charge in [-0.1, -0.05) is 30.3 Å². The zero-order valence-electron chi connectivity index (χ0n) is 6.29. The maximum Gasteiger partial charge on any atom is 0.0466 e. The fraction of sp³-hybridized carbons (Fsp3) is 0.333. The average molecular weight is 182 g/mol. The number of thioether (sulfide) groups is 1. The zero-order chi connectivity index (χ0) is 7.52. The zero-order valence-corrected chi connectivity index (χ0v) is 8.10. The Labute approximate surface area is 73.6 Å². The quantitative estimate of drug-likeness (QED) is 0.601. The highest BCUT2D eigenvalue weighted by Crippen LogP contribution is 2.49. The van der Waals surface area contributed by atoms with Crippen molar-refractivity contribution in [2.24, 2.45) is 0 Å². The molecular weight excluding hydrogens is 171 g/mol. The third-order valence-corrected chi connectivity index (χ3v) is 5.47. The summed E-state index contributed by atoms with van der Waals surface area (Å²) < 4.78 is 0. The van der Waals surface area contributed by atoms with Crippen LogP contribution in [-0.2, 0) is 0 Å². The second-order valence-corrected chi connectivity index (χ2v) is 5.73. The van der Waals surface area contributed by atoms with Crippen molar-refractivity contribution in [1.29, 1.82) is 0 Å². The van der Waals surface area contributed by atoms with Crippen molar-refractivity contribution in [3.8, 4) is 0 Å². The monoisotopic (exact) mass is 182 g/mol. The van der Waals surface area contributed by atoms with E-state index in [4.69, 9.17) is 0 Å². The maximum atomic E-state index is 2.25. The first kappa shape index (κ1) is 7.64. The summed E-state index contributed by atoms with van der Waals surface area (Å²) in [6.07, 6.45) is 1.42. The molecule has 1 saturated heterocycles. The Morgan fingerprint density at radius 1 is 1.27 bits per heavy atom. The SMILES string of the molecule is c1ccc([C@H]2PCCS2)cc1. The highest BCUT2D eigenvalue weighted by atomic mass is 32.2. The van der Waals surface area contributed by atoms with E-state index < -0.39 is 0 Å². The Kier molecular flexibility index (Phi) is 2.50. The molecule has 2 heteroatoms. The molecule has 2 atom stereocenters. The van der Waals surface area contributed by atoms with E-state index >= 15 is 0 Å². The predicted molar refractivity (Wildman–Crippen MR) is 54.8 cm³/mol. The lowest BCUT2D eigenvalue weighted by molar-refractivity contribution is 1.38. The molecule has 1 fully saturated rings. The van der Waals surface area contributed by atoms with E-state index in [2.05, 4.69) is 42.1 Å². The minimum absolute atomic E-state index is 0.816. The first-order valence-corrected chi connectivity index (χ1v) is 6.20. The van der Waals surface area contributed by atoms with Crippen molar-refractivity contribution in [3.05, 3.63) is 35.9 Å². The van der Waals surface area contributed by atoms with Gasteiger partial charge in [0.05, 0.1) is 0 Å². The van der Waals surface area contributed by atoms with Gasteiger partial charge in [-0.15, -0.1) is 20.3 Å². The van der Waals surface area contributed by atoms with Gasteiger partial charge < -0.3 is 0 Å². The van der Waals surface area contributed by atoms with Crippen LogP contribution in [0.5, 0.6) is 0 Å². The summed E-state index contributed by atoms with van der Waals surface area (Å²) in [5.74, 6) is 1.36. The number of hydrogen-bond donors (Lipinski definition) is 0. The molecule has 0 nitrogen and oxygen atoms in total. The van der Waals surface area contributed by atoms with Crippen LogP contribution in [0, 0.1) is 0 Å². The maximum absolute atomic E-state index is 2.25. The van der Waals surface area contributed by atoms with Gasteiger partial charge in [0.2, 0.25) is 0 Å². The molecule has 0 saturated carbocycles. The van der Waals surface area contributed by atoms with Gasteiger partial charge in [0, 0.05) is 4.99 Å². The van der Waals surface area contributed by atoms with Crippen molar-refractivity contribution in [2.75, 3.05) is 11.9 Å². The van der Waals surface area contributed by atoms with E-state index in [9.17, 15) is 0 Å². The first-order chi connectivity index (χ1) is 5.47. The van der Waals surface area contributed by atoms with Crippen LogP contribution < -0.4 is 0 Å². The fourth-order valence-electron chi connectivity index (χ4n) is 1.27. The summed E-state index contributed by atoms with van der Waals surface area (Å²) in [5.41, 5.74) is 1.52. The minimum Gasteiger partial charge on any atom is -0.149 e. The van der Waals surface area contributed by atoms with Crippen LogP contribution in [0.15, 0.2) is 30.3 Å². The molecule has 2 rings (SSSR count). The van der Waals surface area contributed by atoms with E-state index in [0.29, 0.717) is 0 Å². The van der Waals surface area contributed by atoms with Crippen LogP contribution in [0.1, 0.15) is 10.6 Å². The molecule has 0 aliphatic carbocycles. The minimum atomic E-state index is 0.816. The molecular formula is C9H11PS. The Morgan fingerprint density at radius 2 is 2.09 bits per heavy atom. The lowest BCUT2D eigenvalue weighted by Crippen LogP contribution is -1.80. The normalized spacial score (nSPS) is 26.0. The van der Waals surface area contributed by atoms with Gasteiger partial charge in [0.25, 0.3) is 0 Å². The lowest BCUT2D eigenvalue weighted by Gasteiger charge is -2.06. The van der Waals surface area contributed by atoms with Crippen molar-refractivity contribution in [3.63, 3.8) is 0 Å². The standard InChI is InChI=1S/C9H11PS/c1-2-4-8(5-3-1)9-10-6-7-11-9/h1-5,9-10H,6-7H2/t9-/m0/s1. The number of rotatable bonds is 1. The average Bonchev–Trinajstić information content (AvgIpc) is 2.58. The molecule has 1 unspecified atom stereocenters. The van der Waals surface area contributed by atoms with Gasteiger partial charge >= 0.3 is 0 Å². The fourth-order valence-corrected chi connectivity index (χ4v) is 4.66. The molecule has 58 valence electrons. The summed E-state index contributed by atoms with van der Waals surface area (Å²) in [6.45, 7) is 0. The second-order valence-electron chi connectivity index (χ2n) is 2.62. The van der Waals surface area contributed by atoms with Crippen LogP contribution in [0.2, 0.25) is 0 Å². The molecule has 1 aliphatic rings. The van der Waals surface area contributed by atoms with Crippen molar-refractivity contribution >= 4 is 20.3 Å². The second kappa shape index (κ2) is 3.60. The molecule has 1 heterocycles. The van der Waals surface area contributed by atoms with E-state index in [0.717, 1.165) is 13.6 Å². The van der Waals surface area contributed by atoms with E-state index in [1.54, 1.807) is 0 Å². The van der Waals surface area contributed by atoms with E-state index in [1.165, 1.54) is 17.5 Å². The number of benzene rings is 1. The van der Waals surface area contributed by atoms with Gasteiger partial charge in [0.15, 0.2) is 0 Å². The molecule has 0 aromatic heterocycles. The van der Waals surface area contributed by atoms with Gasteiger partial charge in [-0.05, 0) is 17.5 Å². The predicted octanol–water partition coefficient (Wildman–Crippen LogP) is 3.11. The molecule has 0 radical (unpaired) electrons. The van der Waals surface area contributed by atoms with E-state index in [-0.39, 0.29) is 0 Å². The summed E-state index contributed by atoms with van der Waals surface area (Å²) in [6, 6.07) is 10.9. The topological polar surface area (TPSA) is 0 Å². The van der Waals surface area contributed by atoms with Crippen LogP contribution in [0.25, 0.3) is 0 Å². The van der Waals surface area contributed by atoms with Gasteiger partial charge in [-0.25, -0.2) is 0 Å². The third kappa shape index (κ3) is 1.77. The Bertz CT molecular complexity index is 216. The summed E-state index contributed by atoms with van der Waals surface area (Å²) in [5, 5.41) is 0. The molecule has 1 aromatic carbocycles. The molecule has 0 bridgehead atoms.